The molecule has 1 aromatic rings. The van der Waals surface area contributed by atoms with E-state index in [4.69, 9.17) is 0 Å². The molecule has 1 rings (SSSR count). The number of benzene rings is 1. The SMILES string of the molecule is CCC(C)CC(O)c1ccc(Br)c(C)c1. The highest BCUT2D eigenvalue weighted by Gasteiger charge is 2.11. The van der Waals surface area contributed by atoms with Gasteiger partial charge in [0, 0.05) is 4.47 Å². The third-order valence-electron chi connectivity index (χ3n) is 2.89. The molecule has 0 heterocycles. The summed E-state index contributed by atoms with van der Waals surface area (Å²) >= 11 is 3.46. The van der Waals surface area contributed by atoms with Crippen LogP contribution in [0.5, 0.6) is 0 Å². The van der Waals surface area contributed by atoms with Crippen molar-refractivity contribution < 1.29 is 5.11 Å². The van der Waals surface area contributed by atoms with E-state index in [2.05, 4.69) is 35.8 Å². The first-order valence-electron chi connectivity index (χ1n) is 5.48. The molecule has 2 heteroatoms. The molecule has 0 bridgehead atoms. The molecule has 1 aromatic carbocycles. The molecule has 0 aromatic heterocycles. The maximum atomic E-state index is 10.0. The Labute approximate surface area is 101 Å². The van der Waals surface area contributed by atoms with Crippen molar-refractivity contribution >= 4 is 15.9 Å². The summed E-state index contributed by atoms with van der Waals surface area (Å²) in [4.78, 5) is 0. The molecule has 0 spiro atoms. The summed E-state index contributed by atoms with van der Waals surface area (Å²) in [6.07, 6.45) is 1.64. The zero-order chi connectivity index (χ0) is 11.4. The van der Waals surface area contributed by atoms with Gasteiger partial charge >= 0.3 is 0 Å². The lowest BCUT2D eigenvalue weighted by Gasteiger charge is -2.16. The van der Waals surface area contributed by atoms with Crippen molar-refractivity contribution in [2.45, 2.75) is 39.7 Å². The highest BCUT2D eigenvalue weighted by atomic mass is 79.9. The zero-order valence-corrected chi connectivity index (χ0v) is 11.2. The van der Waals surface area contributed by atoms with E-state index in [1.807, 2.05) is 19.1 Å². The Hall–Kier alpha value is -0.340. The second-order valence-corrected chi connectivity index (χ2v) is 5.13. The second-order valence-electron chi connectivity index (χ2n) is 4.27. The van der Waals surface area contributed by atoms with Gasteiger partial charge in [0.2, 0.25) is 0 Å². The van der Waals surface area contributed by atoms with Gasteiger partial charge in [-0.25, -0.2) is 0 Å². The molecule has 1 N–H and O–H groups in total. The predicted molar refractivity (Wildman–Crippen MR) is 67.9 cm³/mol. The fraction of sp³-hybridized carbons (Fsp3) is 0.538. The van der Waals surface area contributed by atoms with Crippen LogP contribution >= 0.6 is 15.9 Å². The van der Waals surface area contributed by atoms with Gasteiger partial charge in [-0.05, 0) is 36.5 Å². The van der Waals surface area contributed by atoms with Crippen LogP contribution in [-0.4, -0.2) is 5.11 Å². The molecule has 0 amide bonds. The van der Waals surface area contributed by atoms with Gasteiger partial charge in [-0.2, -0.15) is 0 Å². The maximum Gasteiger partial charge on any atom is 0.0792 e. The standard InChI is InChI=1S/C13H19BrO/c1-4-9(2)7-13(15)11-5-6-12(14)10(3)8-11/h5-6,8-9,13,15H,4,7H2,1-3H3. The van der Waals surface area contributed by atoms with Crippen LogP contribution in [-0.2, 0) is 0 Å². The number of halogens is 1. The fourth-order valence-electron chi connectivity index (χ4n) is 1.56. The van der Waals surface area contributed by atoms with Crippen LogP contribution < -0.4 is 0 Å². The Morgan fingerprint density at radius 2 is 2.07 bits per heavy atom. The molecule has 0 aliphatic heterocycles. The summed E-state index contributed by atoms with van der Waals surface area (Å²) in [5.41, 5.74) is 2.20. The summed E-state index contributed by atoms with van der Waals surface area (Å²) in [5.74, 6) is 0.573. The van der Waals surface area contributed by atoms with Gasteiger partial charge in [-0.1, -0.05) is 48.3 Å². The van der Waals surface area contributed by atoms with E-state index in [-0.39, 0.29) is 6.10 Å². The highest BCUT2D eigenvalue weighted by molar-refractivity contribution is 9.10. The van der Waals surface area contributed by atoms with Crippen LogP contribution in [0.15, 0.2) is 22.7 Å². The van der Waals surface area contributed by atoms with Crippen molar-refractivity contribution in [2.75, 3.05) is 0 Å². The van der Waals surface area contributed by atoms with Gasteiger partial charge in [0.05, 0.1) is 6.10 Å². The van der Waals surface area contributed by atoms with Crippen LogP contribution in [0, 0.1) is 12.8 Å². The summed E-state index contributed by atoms with van der Waals surface area (Å²) in [6, 6.07) is 6.05. The van der Waals surface area contributed by atoms with Crippen molar-refractivity contribution in [1.29, 1.82) is 0 Å². The molecule has 0 aliphatic carbocycles. The number of hydrogen-bond acceptors (Lipinski definition) is 1. The number of rotatable bonds is 4. The average molecular weight is 271 g/mol. The second kappa shape index (κ2) is 5.66. The topological polar surface area (TPSA) is 20.2 Å². The van der Waals surface area contributed by atoms with Crippen molar-refractivity contribution in [3.05, 3.63) is 33.8 Å². The number of aliphatic hydroxyl groups is 1. The lowest BCUT2D eigenvalue weighted by molar-refractivity contribution is 0.146. The molecule has 0 radical (unpaired) electrons. The molecule has 0 saturated heterocycles. The zero-order valence-electron chi connectivity index (χ0n) is 9.63. The van der Waals surface area contributed by atoms with Crippen molar-refractivity contribution in [1.82, 2.24) is 0 Å². The first-order valence-corrected chi connectivity index (χ1v) is 6.28. The van der Waals surface area contributed by atoms with Crippen molar-refractivity contribution in [3.63, 3.8) is 0 Å². The predicted octanol–water partition coefficient (Wildman–Crippen LogP) is 4.23. The van der Waals surface area contributed by atoms with E-state index in [0.29, 0.717) is 5.92 Å². The minimum atomic E-state index is -0.327. The minimum Gasteiger partial charge on any atom is -0.388 e. The molecule has 2 atom stereocenters. The average Bonchev–Trinajstić information content (AvgIpc) is 2.21. The maximum absolute atomic E-state index is 10.0. The number of aliphatic hydroxyl groups excluding tert-OH is 1. The summed E-state index contributed by atoms with van der Waals surface area (Å²) in [5, 5.41) is 10.0. The van der Waals surface area contributed by atoms with Gasteiger partial charge in [-0.15, -0.1) is 0 Å². The Bertz CT molecular complexity index is 322. The molecule has 0 fully saturated rings. The van der Waals surface area contributed by atoms with Crippen molar-refractivity contribution in [3.8, 4) is 0 Å². The number of aryl methyl sites for hydroxylation is 1. The monoisotopic (exact) mass is 270 g/mol. The fourth-order valence-corrected chi connectivity index (χ4v) is 1.81. The van der Waals surface area contributed by atoms with E-state index in [1.165, 1.54) is 5.56 Å². The van der Waals surface area contributed by atoms with Crippen LogP contribution in [0.3, 0.4) is 0 Å². The van der Waals surface area contributed by atoms with Gasteiger partial charge in [0.25, 0.3) is 0 Å². The first kappa shape index (κ1) is 12.7. The van der Waals surface area contributed by atoms with Crippen LogP contribution in [0.2, 0.25) is 0 Å². The lowest BCUT2D eigenvalue weighted by Crippen LogP contribution is -2.04. The quantitative estimate of drug-likeness (QED) is 0.869. The molecular formula is C13H19BrO. The normalized spacial score (nSPS) is 15.0. The smallest absolute Gasteiger partial charge is 0.0792 e. The third-order valence-corrected chi connectivity index (χ3v) is 3.78. The highest BCUT2D eigenvalue weighted by Crippen LogP contribution is 2.26. The molecule has 0 saturated carbocycles. The molecule has 15 heavy (non-hydrogen) atoms. The van der Waals surface area contributed by atoms with E-state index in [1.54, 1.807) is 0 Å². The van der Waals surface area contributed by atoms with E-state index in [9.17, 15) is 5.11 Å². The minimum absolute atomic E-state index is 0.327. The Morgan fingerprint density at radius 3 is 2.60 bits per heavy atom. The van der Waals surface area contributed by atoms with Crippen LogP contribution in [0.25, 0.3) is 0 Å². The third kappa shape index (κ3) is 3.62. The Kier molecular flexibility index (Phi) is 4.81. The van der Waals surface area contributed by atoms with Crippen molar-refractivity contribution in [2.24, 2.45) is 5.92 Å². The first-order chi connectivity index (χ1) is 7.04. The van der Waals surface area contributed by atoms with Crippen LogP contribution in [0.4, 0.5) is 0 Å². The molecule has 0 aliphatic rings. The summed E-state index contributed by atoms with van der Waals surface area (Å²) < 4.78 is 1.10. The Morgan fingerprint density at radius 1 is 1.40 bits per heavy atom. The Balaban J connectivity index is 2.73. The number of hydrogen-bond donors (Lipinski definition) is 1. The van der Waals surface area contributed by atoms with E-state index < -0.39 is 0 Å². The lowest BCUT2D eigenvalue weighted by atomic mass is 9.96. The summed E-state index contributed by atoms with van der Waals surface area (Å²) in [7, 11) is 0. The molecule has 84 valence electrons. The van der Waals surface area contributed by atoms with Gasteiger partial charge in [-0.3, -0.25) is 0 Å². The largest absolute Gasteiger partial charge is 0.388 e. The van der Waals surface area contributed by atoms with Gasteiger partial charge in [0.1, 0.15) is 0 Å². The molecule has 2 unspecified atom stereocenters. The molecular weight excluding hydrogens is 252 g/mol. The van der Waals surface area contributed by atoms with E-state index in [0.717, 1.165) is 22.9 Å². The van der Waals surface area contributed by atoms with Crippen LogP contribution in [0.1, 0.15) is 43.9 Å². The van der Waals surface area contributed by atoms with E-state index >= 15 is 0 Å². The molecule has 1 nitrogen and oxygen atoms in total. The van der Waals surface area contributed by atoms with Gasteiger partial charge in [0.15, 0.2) is 0 Å². The summed E-state index contributed by atoms with van der Waals surface area (Å²) in [6.45, 7) is 6.38. The van der Waals surface area contributed by atoms with Gasteiger partial charge < -0.3 is 5.11 Å².